The summed E-state index contributed by atoms with van der Waals surface area (Å²) < 4.78 is 23.7. The van der Waals surface area contributed by atoms with Crippen LogP contribution in [0.5, 0.6) is 0 Å². The molecule has 0 amide bonds. The van der Waals surface area contributed by atoms with E-state index in [0.717, 1.165) is 11.1 Å². The molecule has 1 unspecified atom stereocenters. The smallest absolute Gasteiger partial charge is 0.314 e. The third kappa shape index (κ3) is 2.73. The predicted octanol–water partition coefficient (Wildman–Crippen LogP) is 2.17. The Morgan fingerprint density at radius 3 is 2.65 bits per heavy atom. The molecular formula is C15H20O4S. The Bertz CT molecular complexity index is 606. The number of sulfone groups is 1. The first kappa shape index (κ1) is 15.0. The number of carboxylic acid groups (broad SMARTS) is 1. The van der Waals surface area contributed by atoms with Gasteiger partial charge in [0.15, 0.2) is 0 Å². The molecule has 20 heavy (non-hydrogen) atoms. The first-order chi connectivity index (χ1) is 9.41. The lowest BCUT2D eigenvalue weighted by molar-refractivity contribution is -0.144. The first-order valence-electron chi connectivity index (χ1n) is 6.93. The Kier molecular flexibility index (Phi) is 4.18. The van der Waals surface area contributed by atoms with Crippen molar-refractivity contribution < 1.29 is 18.3 Å². The van der Waals surface area contributed by atoms with Gasteiger partial charge in [-0.05, 0) is 36.8 Å². The number of rotatable bonds is 6. The van der Waals surface area contributed by atoms with Crippen molar-refractivity contribution in [2.45, 2.75) is 38.0 Å². The van der Waals surface area contributed by atoms with Crippen LogP contribution in [-0.2, 0) is 26.5 Å². The van der Waals surface area contributed by atoms with Crippen LogP contribution in [0.25, 0.3) is 0 Å². The second kappa shape index (κ2) is 5.56. The van der Waals surface area contributed by atoms with Crippen LogP contribution in [-0.4, -0.2) is 31.0 Å². The molecule has 0 heterocycles. The van der Waals surface area contributed by atoms with Crippen molar-refractivity contribution >= 4 is 15.8 Å². The van der Waals surface area contributed by atoms with Gasteiger partial charge < -0.3 is 5.11 Å². The summed E-state index contributed by atoms with van der Waals surface area (Å²) in [6, 6.07) is 7.47. The number of aliphatic carboxylic acids is 1. The lowest BCUT2D eigenvalue weighted by atomic mass is 9.79. The minimum Gasteiger partial charge on any atom is -0.481 e. The molecule has 0 fully saturated rings. The minimum atomic E-state index is -3.16. The van der Waals surface area contributed by atoms with E-state index in [9.17, 15) is 18.3 Å². The fourth-order valence-corrected chi connectivity index (χ4v) is 4.51. The Labute approximate surface area is 119 Å². The van der Waals surface area contributed by atoms with Crippen LogP contribution >= 0.6 is 0 Å². The summed E-state index contributed by atoms with van der Waals surface area (Å²) in [5.74, 6) is -0.833. The standard InChI is InChI=1S/C15H20O4S/c1-2-10-20(18,19)11-9-15(14(16)17)8-7-12-5-3-4-6-13(12)15/h3-6H,2,7-11H2,1H3,(H,16,17). The molecule has 0 radical (unpaired) electrons. The molecule has 0 aromatic heterocycles. The van der Waals surface area contributed by atoms with Crippen LogP contribution in [0.1, 0.15) is 37.3 Å². The lowest BCUT2D eigenvalue weighted by Gasteiger charge is -2.25. The summed E-state index contributed by atoms with van der Waals surface area (Å²) in [5.41, 5.74) is 0.791. The maximum atomic E-state index is 11.9. The molecule has 110 valence electrons. The Balaban J connectivity index is 2.28. The van der Waals surface area contributed by atoms with Crippen molar-refractivity contribution in [3.05, 3.63) is 35.4 Å². The quantitative estimate of drug-likeness (QED) is 0.873. The van der Waals surface area contributed by atoms with Crippen molar-refractivity contribution in [3.63, 3.8) is 0 Å². The molecule has 1 aromatic carbocycles. The summed E-state index contributed by atoms with van der Waals surface area (Å²) in [4.78, 5) is 11.8. The summed E-state index contributed by atoms with van der Waals surface area (Å²) >= 11 is 0. The van der Waals surface area contributed by atoms with E-state index in [1.807, 2.05) is 31.2 Å². The van der Waals surface area contributed by atoms with E-state index in [2.05, 4.69) is 0 Å². The highest BCUT2D eigenvalue weighted by Crippen LogP contribution is 2.42. The maximum Gasteiger partial charge on any atom is 0.314 e. The maximum absolute atomic E-state index is 11.9. The van der Waals surface area contributed by atoms with Crippen LogP contribution in [0.2, 0.25) is 0 Å². The predicted molar refractivity (Wildman–Crippen MR) is 77.6 cm³/mol. The van der Waals surface area contributed by atoms with Crippen molar-refractivity contribution in [2.24, 2.45) is 0 Å². The molecule has 0 spiro atoms. The van der Waals surface area contributed by atoms with E-state index < -0.39 is 21.2 Å². The number of hydrogen-bond acceptors (Lipinski definition) is 3. The van der Waals surface area contributed by atoms with Crippen molar-refractivity contribution in [3.8, 4) is 0 Å². The summed E-state index contributed by atoms with van der Waals surface area (Å²) in [5, 5.41) is 9.64. The summed E-state index contributed by atoms with van der Waals surface area (Å²) in [6.45, 7) is 1.81. The molecule has 1 aliphatic carbocycles. The van der Waals surface area contributed by atoms with Gasteiger partial charge in [-0.3, -0.25) is 4.79 Å². The van der Waals surface area contributed by atoms with Gasteiger partial charge in [-0.25, -0.2) is 8.42 Å². The first-order valence-corrected chi connectivity index (χ1v) is 8.75. The van der Waals surface area contributed by atoms with Crippen molar-refractivity contribution in [1.82, 2.24) is 0 Å². The van der Waals surface area contributed by atoms with Gasteiger partial charge in [0.2, 0.25) is 0 Å². The van der Waals surface area contributed by atoms with Crippen molar-refractivity contribution in [1.29, 1.82) is 0 Å². The highest BCUT2D eigenvalue weighted by molar-refractivity contribution is 7.91. The number of benzene rings is 1. The molecular weight excluding hydrogens is 276 g/mol. The second-order valence-electron chi connectivity index (χ2n) is 5.45. The van der Waals surface area contributed by atoms with E-state index >= 15 is 0 Å². The van der Waals surface area contributed by atoms with Crippen LogP contribution in [0.4, 0.5) is 0 Å². The summed E-state index contributed by atoms with van der Waals surface area (Å²) in [6.07, 6.45) is 1.93. The van der Waals surface area contributed by atoms with E-state index in [4.69, 9.17) is 0 Å². The number of fused-ring (bicyclic) bond motifs is 1. The van der Waals surface area contributed by atoms with E-state index in [1.54, 1.807) is 0 Å². The van der Waals surface area contributed by atoms with Gasteiger partial charge in [0, 0.05) is 5.75 Å². The largest absolute Gasteiger partial charge is 0.481 e. The molecule has 4 nitrogen and oxygen atoms in total. The van der Waals surface area contributed by atoms with Gasteiger partial charge in [0.1, 0.15) is 9.84 Å². The number of carbonyl (C=O) groups is 1. The van der Waals surface area contributed by atoms with E-state index in [1.165, 1.54) is 0 Å². The molecule has 0 bridgehead atoms. The molecule has 5 heteroatoms. The summed E-state index contributed by atoms with van der Waals surface area (Å²) in [7, 11) is -3.16. The molecule has 1 N–H and O–H groups in total. The number of carboxylic acids is 1. The molecule has 1 aliphatic rings. The van der Waals surface area contributed by atoms with Crippen LogP contribution in [0, 0.1) is 0 Å². The number of aryl methyl sites for hydroxylation is 1. The SMILES string of the molecule is CCCS(=O)(=O)CCC1(C(=O)O)CCc2ccccc21. The van der Waals surface area contributed by atoms with Gasteiger partial charge in [0.05, 0.1) is 11.2 Å². The number of hydrogen-bond donors (Lipinski definition) is 1. The second-order valence-corrected chi connectivity index (χ2v) is 7.75. The van der Waals surface area contributed by atoms with Crippen molar-refractivity contribution in [2.75, 3.05) is 11.5 Å². The minimum absolute atomic E-state index is 0.0541. The van der Waals surface area contributed by atoms with E-state index in [-0.39, 0.29) is 17.9 Å². The molecule has 2 rings (SSSR count). The molecule has 0 saturated carbocycles. The molecule has 1 atom stereocenters. The normalized spacial score (nSPS) is 21.6. The van der Waals surface area contributed by atoms with Gasteiger partial charge in [0.25, 0.3) is 0 Å². The highest BCUT2D eigenvalue weighted by Gasteiger charge is 2.45. The van der Waals surface area contributed by atoms with Gasteiger partial charge in [-0.15, -0.1) is 0 Å². The Morgan fingerprint density at radius 2 is 2.00 bits per heavy atom. The zero-order valence-electron chi connectivity index (χ0n) is 11.6. The zero-order chi connectivity index (χ0) is 14.8. The van der Waals surface area contributed by atoms with E-state index in [0.29, 0.717) is 19.3 Å². The third-order valence-electron chi connectivity index (χ3n) is 4.12. The molecule has 1 aromatic rings. The van der Waals surface area contributed by atoms with Crippen LogP contribution in [0.15, 0.2) is 24.3 Å². The van der Waals surface area contributed by atoms with Gasteiger partial charge in [-0.2, -0.15) is 0 Å². The molecule has 0 aliphatic heterocycles. The Hall–Kier alpha value is -1.36. The van der Waals surface area contributed by atoms with Crippen LogP contribution in [0.3, 0.4) is 0 Å². The average molecular weight is 296 g/mol. The zero-order valence-corrected chi connectivity index (χ0v) is 12.4. The molecule has 0 saturated heterocycles. The average Bonchev–Trinajstić information content (AvgIpc) is 2.77. The fourth-order valence-electron chi connectivity index (χ4n) is 3.02. The monoisotopic (exact) mass is 296 g/mol. The fraction of sp³-hybridized carbons (Fsp3) is 0.533. The van der Waals surface area contributed by atoms with Gasteiger partial charge >= 0.3 is 5.97 Å². The van der Waals surface area contributed by atoms with Gasteiger partial charge in [-0.1, -0.05) is 31.2 Å². The lowest BCUT2D eigenvalue weighted by Crippen LogP contribution is -2.35. The third-order valence-corrected chi connectivity index (χ3v) is 5.97. The Morgan fingerprint density at radius 1 is 1.30 bits per heavy atom. The highest BCUT2D eigenvalue weighted by atomic mass is 32.2. The topological polar surface area (TPSA) is 71.4 Å². The van der Waals surface area contributed by atoms with Crippen LogP contribution < -0.4 is 0 Å².